The van der Waals surface area contributed by atoms with Crippen LogP contribution in [-0.2, 0) is 19.1 Å². The molecule has 1 aromatic rings. The Morgan fingerprint density at radius 1 is 1.26 bits per heavy atom. The molecular weight excluding hydrogens is 376 g/mol. The minimum atomic E-state index is -1.03. The van der Waals surface area contributed by atoms with Gasteiger partial charge in [0.2, 0.25) is 11.1 Å². The number of azo groups is 1. The van der Waals surface area contributed by atoms with E-state index in [1.54, 1.807) is 12.1 Å². The average Bonchev–Trinajstić information content (AvgIpc) is 2.65. The summed E-state index contributed by atoms with van der Waals surface area (Å²) in [5.74, 6) is -2.49. The van der Waals surface area contributed by atoms with Gasteiger partial charge in [-0.25, -0.2) is 4.79 Å². The number of hydrogen-bond acceptors (Lipinski definition) is 8. The molecule has 0 saturated heterocycles. The number of amidine groups is 1. The second-order valence-corrected chi connectivity index (χ2v) is 6.24. The first-order valence-corrected chi connectivity index (χ1v) is 8.74. The topological polar surface area (TPSA) is 147 Å². The van der Waals surface area contributed by atoms with Crippen molar-refractivity contribution < 1.29 is 29.0 Å². The second kappa shape index (κ2) is 9.57. The van der Waals surface area contributed by atoms with Crippen LogP contribution in [0.2, 0.25) is 0 Å². The van der Waals surface area contributed by atoms with E-state index in [0.717, 1.165) is 11.8 Å². The van der Waals surface area contributed by atoms with E-state index in [9.17, 15) is 19.2 Å². The normalized spacial score (nSPS) is 15.8. The summed E-state index contributed by atoms with van der Waals surface area (Å²) in [5, 5.41) is 18.8. The smallest absolute Gasteiger partial charge is 0.337 e. The van der Waals surface area contributed by atoms with Gasteiger partial charge in [-0.3, -0.25) is 14.4 Å². The van der Waals surface area contributed by atoms with Crippen molar-refractivity contribution in [3.05, 3.63) is 29.8 Å². The molecule has 10 nitrogen and oxygen atoms in total. The molecule has 1 aliphatic rings. The number of benzene rings is 1. The van der Waals surface area contributed by atoms with Crippen LogP contribution in [-0.4, -0.2) is 52.9 Å². The molecule has 1 unspecified atom stereocenters. The number of hydrogen-bond donors (Lipinski definition) is 2. The molecule has 1 aliphatic heterocycles. The molecule has 0 aliphatic carbocycles. The maximum atomic E-state index is 12.0. The molecule has 2 amide bonds. The number of methoxy groups -OCH3 is 1. The number of rotatable bonds is 7. The Labute approximate surface area is 158 Å². The Bertz CT molecular complexity index is 806. The first-order valence-electron chi connectivity index (χ1n) is 7.75. The summed E-state index contributed by atoms with van der Waals surface area (Å²) in [6.45, 7) is 0. The summed E-state index contributed by atoms with van der Waals surface area (Å²) in [7, 11) is 1.28. The molecule has 0 saturated carbocycles. The van der Waals surface area contributed by atoms with E-state index < -0.39 is 23.9 Å². The van der Waals surface area contributed by atoms with Crippen LogP contribution in [0, 0.1) is 0 Å². The summed E-state index contributed by atoms with van der Waals surface area (Å²) in [6, 6.07) is 5.26. The molecule has 0 bridgehead atoms. The van der Waals surface area contributed by atoms with Gasteiger partial charge in [0.05, 0.1) is 18.4 Å². The Morgan fingerprint density at radius 2 is 1.96 bits per heavy atom. The maximum absolute atomic E-state index is 12.0. The minimum absolute atomic E-state index is 0.0289. The molecule has 11 heteroatoms. The van der Waals surface area contributed by atoms with E-state index in [4.69, 9.17) is 5.11 Å². The number of aliphatic carboxylic acids is 1. The Morgan fingerprint density at radius 3 is 2.56 bits per heavy atom. The van der Waals surface area contributed by atoms with Crippen molar-refractivity contribution in [1.29, 1.82) is 0 Å². The van der Waals surface area contributed by atoms with Gasteiger partial charge in [-0.05, 0) is 30.7 Å². The summed E-state index contributed by atoms with van der Waals surface area (Å²) in [5.41, 5.74) is 0.850. The highest BCUT2D eigenvalue weighted by Gasteiger charge is 2.23. The standard InChI is InChI=1S/C16H16N4O6S/c1-26-15(25)9-2-4-10(5-3-9)17-12(21)8-27-16-18-14(24)11(19-20-16)6-7-13(22)23/h2-5,11H,6-8H2,1H3,(H,17,21)(H,22,23). The number of thioether (sulfide) groups is 1. The second-order valence-electron chi connectivity index (χ2n) is 5.30. The molecule has 2 rings (SSSR count). The maximum Gasteiger partial charge on any atom is 0.337 e. The zero-order valence-electron chi connectivity index (χ0n) is 14.2. The van der Waals surface area contributed by atoms with Crippen molar-refractivity contribution in [1.82, 2.24) is 0 Å². The zero-order chi connectivity index (χ0) is 19.8. The Balaban J connectivity index is 1.81. The Hall–Kier alpha value is -3.08. The van der Waals surface area contributed by atoms with Crippen molar-refractivity contribution in [2.75, 3.05) is 18.2 Å². The number of amides is 2. The quantitative estimate of drug-likeness (QED) is 0.672. The first kappa shape index (κ1) is 20.2. The number of anilines is 1. The van der Waals surface area contributed by atoms with Crippen LogP contribution in [0.15, 0.2) is 39.5 Å². The van der Waals surface area contributed by atoms with Crippen LogP contribution in [0.1, 0.15) is 23.2 Å². The first-order chi connectivity index (χ1) is 12.9. The van der Waals surface area contributed by atoms with Gasteiger partial charge >= 0.3 is 11.9 Å². The summed E-state index contributed by atoms with van der Waals surface area (Å²) < 4.78 is 4.59. The predicted octanol–water partition coefficient (Wildman–Crippen LogP) is 1.73. The third kappa shape index (κ3) is 6.29. The lowest BCUT2D eigenvalue weighted by molar-refractivity contribution is -0.137. The lowest BCUT2D eigenvalue weighted by Gasteiger charge is -2.11. The van der Waals surface area contributed by atoms with Crippen molar-refractivity contribution in [3.8, 4) is 0 Å². The van der Waals surface area contributed by atoms with Crippen molar-refractivity contribution in [3.63, 3.8) is 0 Å². The van der Waals surface area contributed by atoms with Gasteiger partial charge < -0.3 is 15.2 Å². The minimum Gasteiger partial charge on any atom is -0.481 e. The number of carbonyl (C=O) groups is 4. The van der Waals surface area contributed by atoms with Crippen LogP contribution < -0.4 is 5.32 Å². The number of ether oxygens (including phenoxy) is 1. The molecule has 1 atom stereocenters. The average molecular weight is 392 g/mol. The van der Waals surface area contributed by atoms with E-state index in [1.807, 2.05) is 0 Å². The third-order valence-electron chi connectivity index (χ3n) is 3.33. The number of carboxylic acids is 1. The number of carbonyl (C=O) groups excluding carboxylic acids is 3. The molecule has 0 radical (unpaired) electrons. The third-order valence-corrected chi connectivity index (χ3v) is 4.16. The molecule has 142 valence electrons. The predicted molar refractivity (Wildman–Crippen MR) is 96.8 cm³/mol. The molecule has 1 heterocycles. The largest absolute Gasteiger partial charge is 0.481 e. The molecule has 2 N–H and O–H groups in total. The number of nitrogens with one attached hydrogen (secondary N) is 1. The monoisotopic (exact) mass is 392 g/mol. The number of aliphatic imine (C=N–C) groups is 1. The van der Waals surface area contributed by atoms with Crippen molar-refractivity contribution in [2.24, 2.45) is 15.2 Å². The van der Waals surface area contributed by atoms with E-state index in [0.29, 0.717) is 11.3 Å². The summed E-state index contributed by atoms with van der Waals surface area (Å²) in [4.78, 5) is 49.3. The SMILES string of the molecule is COC(=O)c1ccc(NC(=O)CSC2=NC(=O)C(CCC(=O)O)N=N2)cc1. The number of nitrogens with zero attached hydrogens (tertiary/aromatic N) is 3. The van der Waals surface area contributed by atoms with Gasteiger partial charge in [-0.15, -0.1) is 5.11 Å². The van der Waals surface area contributed by atoms with E-state index in [2.05, 4.69) is 25.3 Å². The highest BCUT2D eigenvalue weighted by atomic mass is 32.2. The van der Waals surface area contributed by atoms with E-state index in [1.165, 1.54) is 19.2 Å². The van der Waals surface area contributed by atoms with Crippen LogP contribution in [0.3, 0.4) is 0 Å². The fraction of sp³-hybridized carbons (Fsp3) is 0.312. The van der Waals surface area contributed by atoms with Crippen molar-refractivity contribution in [2.45, 2.75) is 18.9 Å². The van der Waals surface area contributed by atoms with Crippen LogP contribution in [0.25, 0.3) is 0 Å². The van der Waals surface area contributed by atoms with E-state index >= 15 is 0 Å². The van der Waals surface area contributed by atoms with Crippen LogP contribution in [0.5, 0.6) is 0 Å². The molecule has 1 aromatic carbocycles. The summed E-state index contributed by atoms with van der Waals surface area (Å²) >= 11 is 0.933. The van der Waals surface area contributed by atoms with Gasteiger partial charge in [0.15, 0.2) is 6.04 Å². The van der Waals surface area contributed by atoms with Gasteiger partial charge in [-0.2, -0.15) is 10.1 Å². The molecule has 0 fully saturated rings. The van der Waals surface area contributed by atoms with Crippen LogP contribution in [0.4, 0.5) is 5.69 Å². The molecule has 0 aromatic heterocycles. The zero-order valence-corrected chi connectivity index (χ0v) is 15.1. The molecular formula is C16H16N4O6S. The van der Waals surface area contributed by atoms with Crippen molar-refractivity contribution >= 4 is 46.4 Å². The highest BCUT2D eigenvalue weighted by molar-refractivity contribution is 8.14. The van der Waals surface area contributed by atoms with Gasteiger partial charge in [0.1, 0.15) is 0 Å². The van der Waals surface area contributed by atoms with Gasteiger partial charge in [0.25, 0.3) is 5.91 Å². The lowest BCUT2D eigenvalue weighted by atomic mass is 10.1. The molecule has 27 heavy (non-hydrogen) atoms. The lowest BCUT2D eigenvalue weighted by Crippen LogP contribution is -2.22. The highest BCUT2D eigenvalue weighted by Crippen LogP contribution is 2.17. The molecule has 0 spiro atoms. The van der Waals surface area contributed by atoms with Crippen LogP contribution >= 0.6 is 11.8 Å². The van der Waals surface area contributed by atoms with Gasteiger partial charge in [-0.1, -0.05) is 11.8 Å². The van der Waals surface area contributed by atoms with E-state index in [-0.39, 0.29) is 29.7 Å². The fourth-order valence-electron chi connectivity index (χ4n) is 2.00. The van der Waals surface area contributed by atoms with Gasteiger partial charge in [0, 0.05) is 12.1 Å². The number of esters is 1. The Kier molecular flexibility index (Phi) is 7.17. The fourth-order valence-corrected chi connectivity index (χ4v) is 2.59. The summed E-state index contributed by atoms with van der Waals surface area (Å²) in [6.07, 6.45) is -0.175. The number of carboxylic acid groups (broad SMARTS) is 1.